The number of hydrogen-bond acceptors (Lipinski definition) is 3. The average molecular weight is 275 g/mol. The summed E-state index contributed by atoms with van der Waals surface area (Å²) in [4.78, 5) is 15.9. The fourth-order valence-electron chi connectivity index (χ4n) is 1.42. The van der Waals surface area contributed by atoms with Crippen molar-refractivity contribution in [2.24, 2.45) is 0 Å². The zero-order valence-corrected chi connectivity index (χ0v) is 10.8. The molecular weight excluding hydrogens is 260 g/mol. The summed E-state index contributed by atoms with van der Waals surface area (Å²) in [6.07, 6.45) is 0.945. The lowest BCUT2D eigenvalue weighted by Crippen LogP contribution is -2.13. The summed E-state index contributed by atoms with van der Waals surface area (Å²) in [5.41, 5.74) is 1.25. The predicted molar refractivity (Wildman–Crippen MR) is 60.9 cm³/mol. The van der Waals surface area contributed by atoms with Crippen LogP contribution >= 0.6 is 15.9 Å². The molecule has 0 aliphatic carbocycles. The van der Waals surface area contributed by atoms with Crippen molar-refractivity contribution in [3.63, 3.8) is 0 Å². The zero-order valence-electron chi connectivity index (χ0n) is 9.21. The summed E-state index contributed by atoms with van der Waals surface area (Å²) < 4.78 is 7.51. The van der Waals surface area contributed by atoms with Crippen LogP contribution in [0.15, 0.2) is 4.73 Å². The van der Waals surface area contributed by atoms with Crippen LogP contribution in [0.4, 0.5) is 0 Å². The van der Waals surface area contributed by atoms with Gasteiger partial charge in [0.1, 0.15) is 0 Å². The molecule has 1 heterocycles. The van der Waals surface area contributed by atoms with E-state index < -0.39 is 0 Å². The maximum Gasteiger partial charge on any atom is 0.356 e. The fraction of sp³-hybridized carbons (Fsp3) is 0.600. The molecule has 0 bridgehead atoms. The molecule has 0 atom stereocenters. The second-order valence-corrected chi connectivity index (χ2v) is 3.90. The van der Waals surface area contributed by atoms with Crippen molar-refractivity contribution in [2.45, 2.75) is 33.7 Å². The van der Waals surface area contributed by atoms with Crippen molar-refractivity contribution in [1.82, 2.24) is 9.55 Å². The number of carbonyl (C=O) groups excluding carboxylic acids is 1. The third kappa shape index (κ3) is 2.59. The number of rotatable bonds is 4. The Morgan fingerprint density at radius 1 is 1.53 bits per heavy atom. The summed E-state index contributed by atoms with van der Waals surface area (Å²) in [7, 11) is 0. The molecule has 0 aliphatic heterocycles. The minimum absolute atomic E-state index is 0.304. The summed E-state index contributed by atoms with van der Waals surface area (Å²) >= 11 is 3.33. The van der Waals surface area contributed by atoms with Crippen LogP contribution in [-0.4, -0.2) is 22.1 Å². The average Bonchev–Trinajstić information content (AvgIpc) is 2.43. The molecule has 1 rings (SSSR count). The van der Waals surface area contributed by atoms with Crippen LogP contribution in [0.2, 0.25) is 0 Å². The molecule has 5 heteroatoms. The first kappa shape index (κ1) is 12.2. The second kappa shape index (κ2) is 5.30. The standard InChI is InChI=1S/C10H15BrN2O2/c1-4-6-13-8(9(14)15-5-2)7(3)12-10(13)11/h4-6H2,1-3H3. The lowest BCUT2D eigenvalue weighted by atomic mass is 10.3. The summed E-state index contributed by atoms with van der Waals surface area (Å²) in [5, 5.41) is 0. The van der Waals surface area contributed by atoms with E-state index in [1.165, 1.54) is 0 Å². The molecule has 0 saturated carbocycles. The molecule has 0 aliphatic rings. The molecule has 1 aromatic heterocycles. The number of esters is 1. The minimum Gasteiger partial charge on any atom is -0.461 e. The molecule has 0 aromatic carbocycles. The van der Waals surface area contributed by atoms with Crippen molar-refractivity contribution >= 4 is 21.9 Å². The third-order valence-electron chi connectivity index (χ3n) is 2.01. The Labute approximate surface area is 97.8 Å². The van der Waals surface area contributed by atoms with E-state index in [0.717, 1.165) is 13.0 Å². The van der Waals surface area contributed by atoms with Crippen LogP contribution in [0.5, 0.6) is 0 Å². The smallest absolute Gasteiger partial charge is 0.356 e. The largest absolute Gasteiger partial charge is 0.461 e. The number of halogens is 1. The van der Waals surface area contributed by atoms with Gasteiger partial charge in [0.25, 0.3) is 0 Å². The van der Waals surface area contributed by atoms with Crippen molar-refractivity contribution < 1.29 is 9.53 Å². The number of carbonyl (C=O) groups is 1. The first-order valence-electron chi connectivity index (χ1n) is 5.01. The Morgan fingerprint density at radius 2 is 2.20 bits per heavy atom. The zero-order chi connectivity index (χ0) is 11.4. The Kier molecular flexibility index (Phi) is 4.32. The minimum atomic E-state index is -0.304. The van der Waals surface area contributed by atoms with E-state index in [1.807, 2.05) is 11.5 Å². The van der Waals surface area contributed by atoms with Crippen LogP contribution in [0, 0.1) is 6.92 Å². The molecule has 0 spiro atoms. The molecule has 15 heavy (non-hydrogen) atoms. The molecule has 0 unspecified atom stereocenters. The van der Waals surface area contributed by atoms with E-state index in [0.29, 0.717) is 22.7 Å². The molecule has 0 fully saturated rings. The van der Waals surface area contributed by atoms with Crippen molar-refractivity contribution in [1.29, 1.82) is 0 Å². The molecule has 0 saturated heterocycles. The van der Waals surface area contributed by atoms with Gasteiger partial charge < -0.3 is 9.30 Å². The Bertz CT molecular complexity index is 361. The van der Waals surface area contributed by atoms with Gasteiger partial charge in [-0.3, -0.25) is 0 Å². The summed E-state index contributed by atoms with van der Waals surface area (Å²) in [5.74, 6) is -0.304. The quantitative estimate of drug-likeness (QED) is 0.793. The van der Waals surface area contributed by atoms with Gasteiger partial charge in [-0.1, -0.05) is 6.92 Å². The summed E-state index contributed by atoms with van der Waals surface area (Å²) in [6, 6.07) is 0. The highest BCUT2D eigenvalue weighted by molar-refractivity contribution is 9.10. The van der Waals surface area contributed by atoms with Gasteiger partial charge in [-0.2, -0.15) is 0 Å². The number of hydrogen-bond donors (Lipinski definition) is 0. The number of aryl methyl sites for hydroxylation is 1. The Balaban J connectivity index is 3.08. The highest BCUT2D eigenvalue weighted by Crippen LogP contribution is 2.18. The van der Waals surface area contributed by atoms with Gasteiger partial charge in [0, 0.05) is 6.54 Å². The molecular formula is C10H15BrN2O2. The van der Waals surface area contributed by atoms with Crippen molar-refractivity contribution in [3.8, 4) is 0 Å². The van der Waals surface area contributed by atoms with E-state index in [9.17, 15) is 4.79 Å². The number of aromatic nitrogens is 2. The fourth-order valence-corrected chi connectivity index (χ4v) is 2.04. The maximum atomic E-state index is 11.7. The second-order valence-electron chi connectivity index (χ2n) is 3.19. The van der Waals surface area contributed by atoms with Crippen LogP contribution in [0.25, 0.3) is 0 Å². The molecule has 0 radical (unpaired) electrons. The van der Waals surface area contributed by atoms with Crippen LogP contribution in [0.1, 0.15) is 36.5 Å². The molecule has 84 valence electrons. The van der Waals surface area contributed by atoms with E-state index in [1.54, 1.807) is 6.92 Å². The van der Waals surface area contributed by atoms with Crippen LogP contribution in [0.3, 0.4) is 0 Å². The summed E-state index contributed by atoms with van der Waals surface area (Å²) in [6.45, 7) is 6.80. The van der Waals surface area contributed by atoms with Gasteiger partial charge in [-0.25, -0.2) is 9.78 Å². The van der Waals surface area contributed by atoms with Crippen molar-refractivity contribution in [3.05, 3.63) is 16.1 Å². The molecule has 0 amide bonds. The lowest BCUT2D eigenvalue weighted by molar-refractivity contribution is 0.0512. The van der Waals surface area contributed by atoms with Gasteiger partial charge in [-0.15, -0.1) is 0 Å². The topological polar surface area (TPSA) is 44.1 Å². The van der Waals surface area contributed by atoms with E-state index in [-0.39, 0.29) is 5.97 Å². The highest BCUT2D eigenvalue weighted by Gasteiger charge is 2.19. The van der Waals surface area contributed by atoms with Gasteiger partial charge in [0.2, 0.25) is 0 Å². The van der Waals surface area contributed by atoms with Gasteiger partial charge in [0.05, 0.1) is 12.3 Å². The Morgan fingerprint density at radius 3 is 2.73 bits per heavy atom. The van der Waals surface area contributed by atoms with E-state index >= 15 is 0 Å². The third-order valence-corrected chi connectivity index (χ3v) is 2.62. The van der Waals surface area contributed by atoms with Crippen LogP contribution < -0.4 is 0 Å². The normalized spacial score (nSPS) is 10.4. The van der Waals surface area contributed by atoms with Crippen molar-refractivity contribution in [2.75, 3.05) is 6.61 Å². The SMILES string of the molecule is CCCn1c(Br)nc(C)c1C(=O)OCC. The monoisotopic (exact) mass is 274 g/mol. The predicted octanol–water partition coefficient (Wildman–Crippen LogP) is 2.54. The molecule has 4 nitrogen and oxygen atoms in total. The number of ether oxygens (including phenoxy) is 1. The lowest BCUT2D eigenvalue weighted by Gasteiger charge is -2.07. The number of imidazole rings is 1. The molecule has 1 aromatic rings. The van der Waals surface area contributed by atoms with E-state index in [2.05, 4.69) is 27.8 Å². The first-order chi connectivity index (χ1) is 7.11. The van der Waals surface area contributed by atoms with Crippen LogP contribution in [-0.2, 0) is 11.3 Å². The highest BCUT2D eigenvalue weighted by atomic mass is 79.9. The van der Waals surface area contributed by atoms with Gasteiger partial charge >= 0.3 is 5.97 Å². The Hall–Kier alpha value is -0.840. The van der Waals surface area contributed by atoms with E-state index in [4.69, 9.17) is 4.74 Å². The number of nitrogens with zero attached hydrogens (tertiary/aromatic N) is 2. The molecule has 0 N–H and O–H groups in total. The van der Waals surface area contributed by atoms with Gasteiger partial charge in [0.15, 0.2) is 10.4 Å². The maximum absolute atomic E-state index is 11.7. The van der Waals surface area contributed by atoms with Gasteiger partial charge in [-0.05, 0) is 36.2 Å². The first-order valence-corrected chi connectivity index (χ1v) is 5.80.